The monoisotopic (exact) mass is 390 g/mol. The predicted octanol–water partition coefficient (Wildman–Crippen LogP) is 2.63. The highest BCUT2D eigenvalue weighted by atomic mass is 16.2. The molecule has 1 aliphatic heterocycles. The van der Waals surface area contributed by atoms with Gasteiger partial charge in [-0.15, -0.1) is 0 Å². The number of H-pyrrole nitrogens is 1. The number of aromatic nitrogens is 1. The molecule has 150 valence electrons. The van der Waals surface area contributed by atoms with E-state index in [1.165, 1.54) is 5.56 Å². The maximum absolute atomic E-state index is 12.8. The van der Waals surface area contributed by atoms with Gasteiger partial charge in [-0.2, -0.15) is 0 Å². The number of carbonyl (C=O) groups excluding carboxylic acids is 2. The molecule has 2 heterocycles. The second-order valence-corrected chi connectivity index (χ2v) is 7.55. The van der Waals surface area contributed by atoms with Gasteiger partial charge in [0.05, 0.1) is 0 Å². The van der Waals surface area contributed by atoms with Gasteiger partial charge in [0, 0.05) is 43.6 Å². The van der Waals surface area contributed by atoms with E-state index >= 15 is 0 Å². The van der Waals surface area contributed by atoms with Gasteiger partial charge in [-0.3, -0.25) is 14.5 Å². The number of hydrogen-bond acceptors (Lipinski definition) is 3. The standard InChI is InChI=1S/C23H26N4O2/c1-17(24-22(28)21-15-19-9-5-6-10-20(19)25-21)23(29)27-13-11-26(12-14-27)16-18-7-3-2-4-8-18/h2-10,15,17,25H,11-14,16H2,1H3,(H,24,28)/t17-/m1/s1. The molecule has 0 bridgehead atoms. The Labute approximate surface area is 170 Å². The Kier molecular flexibility index (Phi) is 5.62. The Balaban J connectivity index is 1.29. The molecule has 2 N–H and O–H groups in total. The molecule has 1 atom stereocenters. The number of nitrogens with zero attached hydrogens (tertiary/aromatic N) is 2. The Morgan fingerprint density at radius 2 is 1.69 bits per heavy atom. The van der Waals surface area contributed by atoms with Crippen molar-refractivity contribution in [1.29, 1.82) is 0 Å². The van der Waals surface area contributed by atoms with E-state index in [0.29, 0.717) is 18.8 Å². The molecule has 29 heavy (non-hydrogen) atoms. The quantitative estimate of drug-likeness (QED) is 0.704. The van der Waals surface area contributed by atoms with Crippen molar-refractivity contribution >= 4 is 22.7 Å². The number of hydrogen-bond donors (Lipinski definition) is 2. The minimum atomic E-state index is -0.561. The fourth-order valence-corrected chi connectivity index (χ4v) is 3.77. The van der Waals surface area contributed by atoms with Crippen molar-refractivity contribution in [3.8, 4) is 0 Å². The molecule has 1 saturated heterocycles. The first kappa shape index (κ1) is 19.2. The number of benzene rings is 2. The van der Waals surface area contributed by atoms with Crippen LogP contribution < -0.4 is 5.32 Å². The molecule has 0 radical (unpaired) electrons. The van der Waals surface area contributed by atoms with Crippen molar-refractivity contribution in [1.82, 2.24) is 20.1 Å². The zero-order chi connectivity index (χ0) is 20.2. The summed E-state index contributed by atoms with van der Waals surface area (Å²) in [6.07, 6.45) is 0. The van der Waals surface area contributed by atoms with E-state index in [2.05, 4.69) is 27.3 Å². The SMILES string of the molecule is C[C@@H](NC(=O)c1cc2ccccc2[nH]1)C(=O)N1CCN(Cc2ccccc2)CC1. The van der Waals surface area contributed by atoms with Crippen molar-refractivity contribution in [3.05, 3.63) is 71.9 Å². The van der Waals surface area contributed by atoms with E-state index in [4.69, 9.17) is 0 Å². The molecular formula is C23H26N4O2. The van der Waals surface area contributed by atoms with Crippen LogP contribution in [0.25, 0.3) is 10.9 Å². The Bertz CT molecular complexity index is 957. The molecule has 1 fully saturated rings. The lowest BCUT2D eigenvalue weighted by atomic mass is 10.2. The Morgan fingerprint density at radius 3 is 2.41 bits per heavy atom. The fourth-order valence-electron chi connectivity index (χ4n) is 3.77. The van der Waals surface area contributed by atoms with Crippen LogP contribution in [0.4, 0.5) is 0 Å². The molecule has 2 aromatic carbocycles. The first-order valence-electron chi connectivity index (χ1n) is 10.0. The highest BCUT2D eigenvalue weighted by Gasteiger charge is 2.26. The van der Waals surface area contributed by atoms with Crippen molar-refractivity contribution < 1.29 is 9.59 Å². The molecule has 0 unspecified atom stereocenters. The smallest absolute Gasteiger partial charge is 0.268 e. The van der Waals surface area contributed by atoms with Crippen molar-refractivity contribution in [3.63, 3.8) is 0 Å². The molecule has 1 aliphatic rings. The third kappa shape index (κ3) is 4.49. The topological polar surface area (TPSA) is 68.4 Å². The molecule has 6 heteroatoms. The summed E-state index contributed by atoms with van der Waals surface area (Å²) >= 11 is 0. The van der Waals surface area contributed by atoms with Crippen LogP contribution >= 0.6 is 0 Å². The maximum Gasteiger partial charge on any atom is 0.268 e. The molecule has 1 aromatic heterocycles. The van der Waals surface area contributed by atoms with Crippen LogP contribution in [0.1, 0.15) is 23.0 Å². The summed E-state index contributed by atoms with van der Waals surface area (Å²) in [5, 5.41) is 3.81. The first-order chi connectivity index (χ1) is 14.1. The number of amides is 2. The molecule has 4 rings (SSSR count). The van der Waals surface area contributed by atoms with E-state index in [1.54, 1.807) is 6.92 Å². The van der Waals surface area contributed by atoms with Gasteiger partial charge in [0.1, 0.15) is 11.7 Å². The van der Waals surface area contributed by atoms with Crippen LogP contribution in [0.3, 0.4) is 0 Å². The third-order valence-corrected chi connectivity index (χ3v) is 5.43. The van der Waals surface area contributed by atoms with Crippen LogP contribution in [0.15, 0.2) is 60.7 Å². The van der Waals surface area contributed by atoms with Gasteiger partial charge < -0.3 is 15.2 Å². The molecular weight excluding hydrogens is 364 g/mol. The van der Waals surface area contributed by atoms with Gasteiger partial charge in [-0.25, -0.2) is 0 Å². The minimum absolute atomic E-state index is 0.0335. The van der Waals surface area contributed by atoms with E-state index in [9.17, 15) is 9.59 Å². The van der Waals surface area contributed by atoms with Gasteiger partial charge in [0.15, 0.2) is 0 Å². The van der Waals surface area contributed by atoms with Crippen molar-refractivity contribution in [2.24, 2.45) is 0 Å². The Morgan fingerprint density at radius 1 is 1.00 bits per heavy atom. The number of fused-ring (bicyclic) bond motifs is 1. The van der Waals surface area contributed by atoms with Crippen LogP contribution in [-0.2, 0) is 11.3 Å². The minimum Gasteiger partial charge on any atom is -0.351 e. The number of para-hydroxylation sites is 1. The predicted molar refractivity (Wildman–Crippen MR) is 114 cm³/mol. The van der Waals surface area contributed by atoms with E-state index in [-0.39, 0.29) is 11.8 Å². The van der Waals surface area contributed by atoms with Gasteiger partial charge in [0.2, 0.25) is 5.91 Å². The van der Waals surface area contributed by atoms with Gasteiger partial charge in [0.25, 0.3) is 5.91 Å². The average molecular weight is 390 g/mol. The number of carbonyl (C=O) groups is 2. The van der Waals surface area contributed by atoms with Gasteiger partial charge >= 0.3 is 0 Å². The lowest BCUT2D eigenvalue weighted by Crippen LogP contribution is -2.53. The second kappa shape index (κ2) is 8.49. The Hall–Kier alpha value is -3.12. The van der Waals surface area contributed by atoms with E-state index in [0.717, 1.165) is 30.5 Å². The molecule has 3 aromatic rings. The molecule has 2 amide bonds. The lowest BCUT2D eigenvalue weighted by Gasteiger charge is -2.36. The molecule has 0 aliphatic carbocycles. The van der Waals surface area contributed by atoms with Crippen molar-refractivity contribution in [2.45, 2.75) is 19.5 Å². The summed E-state index contributed by atoms with van der Waals surface area (Å²) in [6.45, 7) is 5.68. The summed E-state index contributed by atoms with van der Waals surface area (Å²) < 4.78 is 0. The first-order valence-corrected chi connectivity index (χ1v) is 10.0. The zero-order valence-corrected chi connectivity index (χ0v) is 16.6. The number of rotatable bonds is 5. The summed E-state index contributed by atoms with van der Waals surface area (Å²) in [4.78, 5) is 32.6. The van der Waals surface area contributed by atoms with Crippen molar-refractivity contribution in [2.75, 3.05) is 26.2 Å². The number of piperazine rings is 1. The normalized spacial score (nSPS) is 16.0. The van der Waals surface area contributed by atoms with Crippen LogP contribution in [-0.4, -0.2) is 58.8 Å². The lowest BCUT2D eigenvalue weighted by molar-refractivity contribution is -0.134. The molecule has 6 nitrogen and oxygen atoms in total. The fraction of sp³-hybridized carbons (Fsp3) is 0.304. The van der Waals surface area contributed by atoms with Crippen LogP contribution in [0.2, 0.25) is 0 Å². The van der Waals surface area contributed by atoms with E-state index < -0.39 is 6.04 Å². The van der Waals surface area contributed by atoms with E-state index in [1.807, 2.05) is 53.4 Å². The highest BCUT2D eigenvalue weighted by molar-refractivity contribution is 6.00. The highest BCUT2D eigenvalue weighted by Crippen LogP contribution is 2.15. The molecule has 0 saturated carbocycles. The summed E-state index contributed by atoms with van der Waals surface area (Å²) in [5.74, 6) is -0.293. The summed E-state index contributed by atoms with van der Waals surface area (Å²) in [7, 11) is 0. The maximum atomic E-state index is 12.8. The third-order valence-electron chi connectivity index (χ3n) is 5.43. The largest absolute Gasteiger partial charge is 0.351 e. The average Bonchev–Trinajstić information content (AvgIpc) is 3.19. The summed E-state index contributed by atoms with van der Waals surface area (Å²) in [5.41, 5.74) is 2.66. The number of nitrogens with one attached hydrogen (secondary N) is 2. The second-order valence-electron chi connectivity index (χ2n) is 7.55. The zero-order valence-electron chi connectivity index (χ0n) is 16.6. The molecule has 0 spiro atoms. The number of aromatic amines is 1. The summed E-state index contributed by atoms with van der Waals surface area (Å²) in [6, 6.07) is 19.3. The van der Waals surface area contributed by atoms with Crippen LogP contribution in [0.5, 0.6) is 0 Å². The van der Waals surface area contributed by atoms with Gasteiger partial charge in [-0.1, -0.05) is 48.5 Å². The van der Waals surface area contributed by atoms with Crippen LogP contribution in [0, 0.1) is 0 Å². The van der Waals surface area contributed by atoms with Gasteiger partial charge in [-0.05, 0) is 24.6 Å².